The Hall–Kier alpha value is -8.48. The number of fused-ring (bicyclic) bond motifs is 13. The van der Waals surface area contributed by atoms with Crippen molar-refractivity contribution in [1.82, 2.24) is 28.2 Å². The molecular weight excluding hydrogens is 781 g/mol. The average molecular weight is 819 g/mol. The Balaban J connectivity index is 1.09. The molecule has 0 fully saturated rings. The number of aromatic nitrogens is 6. The molecule has 8 aromatic carbocycles. The molecule has 0 saturated carbocycles. The van der Waals surface area contributed by atoms with E-state index in [9.17, 15) is 0 Å². The van der Waals surface area contributed by atoms with Crippen LogP contribution in [-0.2, 0) is 0 Å². The summed E-state index contributed by atoms with van der Waals surface area (Å²) in [7, 11) is 0. The van der Waals surface area contributed by atoms with Gasteiger partial charge < -0.3 is 9.13 Å². The fourth-order valence-corrected chi connectivity index (χ4v) is 10.8. The van der Waals surface area contributed by atoms with E-state index in [1.165, 1.54) is 65.2 Å². The summed E-state index contributed by atoms with van der Waals surface area (Å²) in [6.45, 7) is 0. The van der Waals surface area contributed by atoms with Gasteiger partial charge in [-0.25, -0.2) is 9.97 Å². The third kappa shape index (κ3) is 4.96. The van der Waals surface area contributed by atoms with Crippen LogP contribution in [0.5, 0.6) is 0 Å². The molecule has 1 aliphatic rings. The van der Waals surface area contributed by atoms with Crippen molar-refractivity contribution in [3.63, 3.8) is 0 Å². The van der Waals surface area contributed by atoms with E-state index >= 15 is 0 Å². The molecule has 0 amide bonds. The lowest BCUT2D eigenvalue weighted by Crippen LogP contribution is -2.07. The van der Waals surface area contributed by atoms with Gasteiger partial charge >= 0.3 is 0 Å². The van der Waals surface area contributed by atoms with Gasteiger partial charge in [0.05, 0.1) is 44.7 Å². The predicted octanol–water partition coefficient (Wildman–Crippen LogP) is 14.6. The maximum absolute atomic E-state index is 5.48. The zero-order valence-corrected chi connectivity index (χ0v) is 34.7. The van der Waals surface area contributed by atoms with Gasteiger partial charge in [0.25, 0.3) is 0 Å². The van der Waals surface area contributed by atoms with E-state index in [4.69, 9.17) is 9.97 Å². The Morgan fingerprint density at radius 2 is 0.938 bits per heavy atom. The summed E-state index contributed by atoms with van der Waals surface area (Å²) in [5.74, 6) is 2.28. The summed E-state index contributed by atoms with van der Waals surface area (Å²) in [6, 6.07) is 68.1. The normalized spacial score (nSPS) is 14.2. The van der Waals surface area contributed by atoms with Gasteiger partial charge in [0.2, 0.25) is 0 Å². The van der Waals surface area contributed by atoms with Crippen molar-refractivity contribution in [2.75, 3.05) is 0 Å². The summed E-state index contributed by atoms with van der Waals surface area (Å²) in [5, 5.41) is 9.66. The van der Waals surface area contributed by atoms with Gasteiger partial charge in [-0.1, -0.05) is 152 Å². The van der Waals surface area contributed by atoms with Crippen molar-refractivity contribution in [2.45, 2.75) is 12.5 Å². The standard InChI is InChI=1S/C58H38N6/c1-4-18-37(19-5-1)58-59-54(63-50-31-17-13-27-44(50)56-51(63)33-32-43-40-24-10-15-29-48(40)62(57(43)56)39-22-8-3-9-23-39)36-55(60-58)64-49-30-16-12-26-42(49)46-34-52-45(35-53(46)64)41-25-11-14-28-47(41)61(52)38-20-6-2-7-21-38/h1-20,22-36,38H,21H2. The number of hydrogen-bond donors (Lipinski definition) is 0. The Morgan fingerprint density at radius 1 is 0.391 bits per heavy atom. The summed E-state index contributed by atoms with van der Waals surface area (Å²) >= 11 is 0. The summed E-state index contributed by atoms with van der Waals surface area (Å²) < 4.78 is 9.67. The maximum Gasteiger partial charge on any atom is 0.163 e. The van der Waals surface area contributed by atoms with E-state index in [1.807, 2.05) is 6.07 Å². The Kier molecular flexibility index (Phi) is 7.42. The molecule has 1 aliphatic carbocycles. The highest BCUT2D eigenvalue weighted by molar-refractivity contribution is 6.26. The van der Waals surface area contributed by atoms with Gasteiger partial charge in [0, 0.05) is 65.9 Å². The molecule has 0 N–H and O–H groups in total. The number of allylic oxidation sites excluding steroid dienone is 4. The lowest BCUT2D eigenvalue weighted by molar-refractivity contribution is 0.648. The topological polar surface area (TPSA) is 45.5 Å². The van der Waals surface area contributed by atoms with Crippen molar-refractivity contribution in [3.8, 4) is 28.7 Å². The summed E-state index contributed by atoms with van der Waals surface area (Å²) in [4.78, 5) is 11.0. The maximum atomic E-state index is 5.48. The van der Waals surface area contributed by atoms with Gasteiger partial charge in [0.1, 0.15) is 11.6 Å². The first-order valence-corrected chi connectivity index (χ1v) is 22.0. The van der Waals surface area contributed by atoms with Gasteiger partial charge in [-0.15, -0.1) is 0 Å². The molecule has 0 saturated heterocycles. The van der Waals surface area contributed by atoms with Crippen LogP contribution in [0.1, 0.15) is 12.5 Å². The van der Waals surface area contributed by atoms with E-state index in [-0.39, 0.29) is 6.04 Å². The fourth-order valence-electron chi connectivity index (χ4n) is 10.8. The minimum atomic E-state index is 0.234. The largest absolute Gasteiger partial charge is 0.333 e. The van der Waals surface area contributed by atoms with Crippen LogP contribution >= 0.6 is 0 Å². The van der Waals surface area contributed by atoms with Gasteiger partial charge in [-0.05, 0) is 61.0 Å². The molecule has 6 nitrogen and oxygen atoms in total. The van der Waals surface area contributed by atoms with Crippen LogP contribution in [0, 0.1) is 0 Å². The molecular formula is C58H38N6. The minimum absolute atomic E-state index is 0.234. The molecule has 1 atom stereocenters. The third-order valence-electron chi connectivity index (χ3n) is 13.5. The third-order valence-corrected chi connectivity index (χ3v) is 13.5. The second-order valence-corrected chi connectivity index (χ2v) is 16.9. The SMILES string of the molecule is C1=CCC(n2c3ccccc3c3cc4c(cc32)c2ccccc2n4-c2cc(-n3c4ccccc4c4c3ccc3c5ccccc5n(-c5ccccc5)c34)nc(-c3ccccc3)n2)C=C1. The predicted molar refractivity (Wildman–Crippen MR) is 265 cm³/mol. The molecule has 6 heteroatoms. The molecule has 5 heterocycles. The minimum Gasteiger partial charge on any atom is -0.333 e. The van der Waals surface area contributed by atoms with E-state index < -0.39 is 0 Å². The van der Waals surface area contributed by atoms with Crippen molar-refractivity contribution in [2.24, 2.45) is 0 Å². The first kappa shape index (κ1) is 35.2. The first-order chi connectivity index (χ1) is 31.8. The molecule has 14 rings (SSSR count). The summed E-state index contributed by atoms with van der Waals surface area (Å²) in [6.07, 6.45) is 9.89. The zero-order chi connectivity index (χ0) is 41.9. The fraction of sp³-hybridized carbons (Fsp3) is 0.0345. The highest BCUT2D eigenvalue weighted by Gasteiger charge is 2.25. The molecule has 0 bridgehead atoms. The molecule has 5 aromatic heterocycles. The van der Waals surface area contributed by atoms with Crippen molar-refractivity contribution >= 4 is 87.2 Å². The van der Waals surface area contributed by atoms with Crippen LogP contribution in [0.3, 0.4) is 0 Å². The van der Waals surface area contributed by atoms with Crippen molar-refractivity contribution < 1.29 is 0 Å². The summed E-state index contributed by atoms with van der Waals surface area (Å²) in [5.41, 5.74) is 11.3. The number of rotatable bonds is 5. The van der Waals surface area contributed by atoms with Crippen LogP contribution in [0.15, 0.2) is 212 Å². The van der Waals surface area contributed by atoms with Crippen molar-refractivity contribution in [1.29, 1.82) is 0 Å². The van der Waals surface area contributed by atoms with E-state index in [0.29, 0.717) is 5.82 Å². The van der Waals surface area contributed by atoms with Gasteiger partial charge in [-0.3, -0.25) is 9.13 Å². The van der Waals surface area contributed by atoms with Gasteiger partial charge in [0.15, 0.2) is 5.82 Å². The highest BCUT2D eigenvalue weighted by atomic mass is 15.1. The Morgan fingerprint density at radius 3 is 1.64 bits per heavy atom. The Bertz CT molecular complexity index is 4100. The molecule has 0 spiro atoms. The van der Waals surface area contributed by atoms with E-state index in [1.54, 1.807) is 0 Å². The lowest BCUT2D eigenvalue weighted by Gasteiger charge is -2.18. The van der Waals surface area contributed by atoms with E-state index in [0.717, 1.165) is 51.4 Å². The molecule has 64 heavy (non-hydrogen) atoms. The number of hydrogen-bond acceptors (Lipinski definition) is 2. The second-order valence-electron chi connectivity index (χ2n) is 16.9. The molecule has 300 valence electrons. The van der Waals surface area contributed by atoms with Crippen LogP contribution in [0.4, 0.5) is 0 Å². The van der Waals surface area contributed by atoms with Crippen LogP contribution < -0.4 is 0 Å². The first-order valence-electron chi connectivity index (χ1n) is 22.0. The number of nitrogens with zero attached hydrogens (tertiary/aromatic N) is 6. The van der Waals surface area contributed by atoms with Crippen molar-refractivity contribution in [3.05, 3.63) is 212 Å². The van der Waals surface area contributed by atoms with Crippen LogP contribution in [0.25, 0.3) is 116 Å². The second kappa shape index (κ2) is 13.5. The smallest absolute Gasteiger partial charge is 0.163 e. The quantitative estimate of drug-likeness (QED) is 0.174. The average Bonchev–Trinajstić information content (AvgIpc) is 4.09. The zero-order valence-electron chi connectivity index (χ0n) is 34.7. The molecule has 0 aliphatic heterocycles. The highest BCUT2D eigenvalue weighted by Crippen LogP contribution is 2.44. The Labute approximate surface area is 367 Å². The molecule has 0 radical (unpaired) electrons. The van der Waals surface area contributed by atoms with E-state index in [2.05, 4.69) is 225 Å². The number of para-hydroxylation sites is 5. The van der Waals surface area contributed by atoms with Crippen LogP contribution in [-0.4, -0.2) is 28.2 Å². The molecule has 13 aromatic rings. The van der Waals surface area contributed by atoms with Crippen LogP contribution in [0.2, 0.25) is 0 Å². The lowest BCUT2D eigenvalue weighted by atomic mass is 10.1. The molecule has 1 unspecified atom stereocenters. The monoisotopic (exact) mass is 818 g/mol. The van der Waals surface area contributed by atoms with Gasteiger partial charge in [-0.2, -0.15) is 0 Å². The number of benzene rings is 8.